The second kappa shape index (κ2) is 7.99. The zero-order chi connectivity index (χ0) is 19.4. The van der Waals surface area contributed by atoms with E-state index in [1.165, 1.54) is 24.3 Å². The molecule has 0 saturated carbocycles. The minimum atomic E-state index is -0.564. The molecule has 0 fully saturated rings. The van der Waals surface area contributed by atoms with Crippen molar-refractivity contribution in [2.24, 2.45) is 0 Å². The van der Waals surface area contributed by atoms with Crippen molar-refractivity contribution < 1.29 is 18.3 Å². The van der Waals surface area contributed by atoms with Gasteiger partial charge in [0.25, 0.3) is 5.91 Å². The zero-order valence-electron chi connectivity index (χ0n) is 15.1. The quantitative estimate of drug-likeness (QED) is 0.654. The number of halogens is 2. The Morgan fingerprint density at radius 1 is 1.00 bits per heavy atom. The molecule has 0 aromatic heterocycles. The summed E-state index contributed by atoms with van der Waals surface area (Å²) >= 11 is 0. The first-order valence-electron chi connectivity index (χ1n) is 8.48. The minimum Gasteiger partial charge on any atom is -0.489 e. The van der Waals surface area contributed by atoms with Crippen LogP contribution in [0.15, 0.2) is 60.7 Å². The maximum absolute atomic E-state index is 13.9. The van der Waals surface area contributed by atoms with Gasteiger partial charge in [-0.3, -0.25) is 4.79 Å². The predicted octanol–water partition coefficient (Wildman–Crippen LogP) is 5.41. The van der Waals surface area contributed by atoms with E-state index in [1.807, 2.05) is 6.92 Å². The molecule has 0 aliphatic heterocycles. The number of anilines is 1. The van der Waals surface area contributed by atoms with E-state index >= 15 is 0 Å². The summed E-state index contributed by atoms with van der Waals surface area (Å²) in [7, 11) is 0. The summed E-state index contributed by atoms with van der Waals surface area (Å²) in [6.45, 7) is 3.85. The van der Waals surface area contributed by atoms with Crippen LogP contribution in [0.25, 0.3) is 0 Å². The van der Waals surface area contributed by atoms with E-state index in [9.17, 15) is 13.6 Å². The van der Waals surface area contributed by atoms with E-state index in [0.29, 0.717) is 11.4 Å². The molecule has 0 aliphatic rings. The van der Waals surface area contributed by atoms with E-state index in [1.54, 1.807) is 43.3 Å². The summed E-state index contributed by atoms with van der Waals surface area (Å²) in [5.41, 5.74) is 2.87. The summed E-state index contributed by atoms with van der Waals surface area (Å²) in [5.74, 6) is -0.788. The number of amides is 1. The Balaban J connectivity index is 1.69. The molecule has 0 heterocycles. The van der Waals surface area contributed by atoms with Crippen LogP contribution in [0, 0.1) is 25.5 Å². The molecule has 3 rings (SSSR count). The van der Waals surface area contributed by atoms with Crippen LogP contribution in [0.3, 0.4) is 0 Å². The molecule has 1 amide bonds. The Morgan fingerprint density at radius 2 is 1.81 bits per heavy atom. The smallest absolute Gasteiger partial charge is 0.258 e. The number of carbonyl (C=O) groups is 1. The van der Waals surface area contributed by atoms with Crippen LogP contribution in [0.4, 0.5) is 14.5 Å². The maximum atomic E-state index is 13.9. The van der Waals surface area contributed by atoms with Gasteiger partial charge in [0.05, 0.1) is 5.56 Å². The SMILES string of the molecule is Cc1ccc(F)c(C(=O)Nc2ccc(OCc3cccc(F)c3)cc2C)c1. The Kier molecular flexibility index (Phi) is 5.50. The number of carbonyl (C=O) groups excluding carboxylic acids is 1. The Bertz CT molecular complexity index is 986. The highest BCUT2D eigenvalue weighted by molar-refractivity contribution is 6.05. The van der Waals surface area contributed by atoms with Crippen molar-refractivity contribution in [3.63, 3.8) is 0 Å². The van der Waals surface area contributed by atoms with E-state index in [-0.39, 0.29) is 18.0 Å². The molecule has 0 bridgehead atoms. The fraction of sp³-hybridized carbons (Fsp3) is 0.136. The van der Waals surface area contributed by atoms with E-state index in [4.69, 9.17) is 4.74 Å². The molecule has 0 saturated heterocycles. The number of hydrogen-bond acceptors (Lipinski definition) is 2. The minimum absolute atomic E-state index is 0.000769. The molecule has 3 aromatic rings. The molecular weight excluding hydrogens is 348 g/mol. The summed E-state index contributed by atoms with van der Waals surface area (Å²) in [6, 6.07) is 15.8. The average Bonchev–Trinajstić information content (AvgIpc) is 2.64. The zero-order valence-corrected chi connectivity index (χ0v) is 15.1. The lowest BCUT2D eigenvalue weighted by atomic mass is 10.1. The monoisotopic (exact) mass is 367 g/mol. The third-order valence-electron chi connectivity index (χ3n) is 4.11. The van der Waals surface area contributed by atoms with Gasteiger partial charge in [0.15, 0.2) is 0 Å². The van der Waals surface area contributed by atoms with Gasteiger partial charge < -0.3 is 10.1 Å². The fourth-order valence-electron chi connectivity index (χ4n) is 2.66. The van der Waals surface area contributed by atoms with Crippen LogP contribution >= 0.6 is 0 Å². The molecule has 1 N–H and O–H groups in total. The molecule has 3 nitrogen and oxygen atoms in total. The first kappa shape index (κ1) is 18.6. The van der Waals surface area contributed by atoms with Crippen LogP contribution in [-0.4, -0.2) is 5.91 Å². The first-order valence-corrected chi connectivity index (χ1v) is 8.48. The van der Waals surface area contributed by atoms with E-state index in [2.05, 4.69) is 5.32 Å². The number of nitrogens with one attached hydrogen (secondary N) is 1. The van der Waals surface area contributed by atoms with Gasteiger partial charge in [-0.25, -0.2) is 8.78 Å². The molecule has 27 heavy (non-hydrogen) atoms. The normalized spacial score (nSPS) is 10.5. The van der Waals surface area contributed by atoms with Crippen LogP contribution in [-0.2, 0) is 6.61 Å². The predicted molar refractivity (Wildman–Crippen MR) is 101 cm³/mol. The highest BCUT2D eigenvalue weighted by Gasteiger charge is 2.13. The molecule has 3 aromatic carbocycles. The molecule has 0 atom stereocenters. The van der Waals surface area contributed by atoms with Gasteiger partial charge in [-0.15, -0.1) is 0 Å². The Morgan fingerprint density at radius 3 is 2.56 bits per heavy atom. The first-order chi connectivity index (χ1) is 12.9. The van der Waals surface area contributed by atoms with Crippen LogP contribution in [0.5, 0.6) is 5.75 Å². The lowest BCUT2D eigenvalue weighted by molar-refractivity contribution is 0.102. The number of rotatable bonds is 5. The van der Waals surface area contributed by atoms with Crippen LogP contribution in [0.2, 0.25) is 0 Å². The third kappa shape index (κ3) is 4.70. The van der Waals surface area contributed by atoms with Gasteiger partial charge in [-0.05, 0) is 67.4 Å². The number of hydrogen-bond donors (Lipinski definition) is 1. The highest BCUT2D eigenvalue weighted by Crippen LogP contribution is 2.23. The summed E-state index contributed by atoms with van der Waals surface area (Å²) in [4.78, 5) is 12.3. The third-order valence-corrected chi connectivity index (χ3v) is 4.11. The lowest BCUT2D eigenvalue weighted by Crippen LogP contribution is -2.14. The lowest BCUT2D eigenvalue weighted by Gasteiger charge is -2.12. The second-order valence-corrected chi connectivity index (χ2v) is 6.33. The van der Waals surface area contributed by atoms with Crippen molar-refractivity contribution in [2.75, 3.05) is 5.32 Å². The van der Waals surface area contributed by atoms with Gasteiger partial charge >= 0.3 is 0 Å². The largest absolute Gasteiger partial charge is 0.489 e. The van der Waals surface area contributed by atoms with Crippen LogP contribution < -0.4 is 10.1 Å². The standard InChI is InChI=1S/C22H19F2NO2/c1-14-6-8-20(24)19(10-14)22(26)25-21-9-7-18(11-15(21)2)27-13-16-4-3-5-17(23)12-16/h3-12H,13H2,1-2H3,(H,25,26). The summed E-state index contributed by atoms with van der Waals surface area (Å²) < 4.78 is 32.7. The maximum Gasteiger partial charge on any atom is 0.258 e. The molecule has 138 valence electrons. The van der Waals surface area contributed by atoms with Crippen LogP contribution in [0.1, 0.15) is 27.0 Å². The van der Waals surface area contributed by atoms with Crippen molar-refractivity contribution in [1.82, 2.24) is 0 Å². The molecule has 0 aliphatic carbocycles. The van der Waals surface area contributed by atoms with Gasteiger partial charge in [0.2, 0.25) is 0 Å². The molecule has 0 radical (unpaired) electrons. The summed E-state index contributed by atoms with van der Waals surface area (Å²) in [5, 5.41) is 2.72. The molecule has 0 unspecified atom stereocenters. The Labute approximate surface area is 156 Å². The topological polar surface area (TPSA) is 38.3 Å². The summed E-state index contributed by atoms with van der Waals surface area (Å²) in [6.07, 6.45) is 0. The van der Waals surface area contributed by atoms with Gasteiger partial charge in [-0.1, -0.05) is 23.8 Å². The number of aryl methyl sites for hydroxylation is 2. The van der Waals surface area contributed by atoms with E-state index < -0.39 is 11.7 Å². The number of ether oxygens (including phenoxy) is 1. The van der Waals surface area contributed by atoms with Gasteiger partial charge in [-0.2, -0.15) is 0 Å². The van der Waals surface area contributed by atoms with Crippen molar-refractivity contribution in [1.29, 1.82) is 0 Å². The molecular formula is C22H19F2NO2. The Hall–Kier alpha value is -3.21. The molecule has 5 heteroatoms. The van der Waals surface area contributed by atoms with Crippen molar-refractivity contribution in [3.8, 4) is 5.75 Å². The van der Waals surface area contributed by atoms with Gasteiger partial charge in [0.1, 0.15) is 24.0 Å². The van der Waals surface area contributed by atoms with Crippen molar-refractivity contribution in [2.45, 2.75) is 20.5 Å². The molecule has 0 spiro atoms. The average molecular weight is 367 g/mol. The van der Waals surface area contributed by atoms with Crippen molar-refractivity contribution in [3.05, 3.63) is 94.6 Å². The van der Waals surface area contributed by atoms with E-state index in [0.717, 1.165) is 16.7 Å². The number of benzene rings is 3. The second-order valence-electron chi connectivity index (χ2n) is 6.33. The van der Waals surface area contributed by atoms with Crippen molar-refractivity contribution >= 4 is 11.6 Å². The fourth-order valence-corrected chi connectivity index (χ4v) is 2.66. The highest BCUT2D eigenvalue weighted by atomic mass is 19.1. The van der Waals surface area contributed by atoms with Gasteiger partial charge in [0, 0.05) is 5.69 Å².